The second-order valence-electron chi connectivity index (χ2n) is 7.44. The van der Waals surface area contributed by atoms with Crippen LogP contribution in [-0.4, -0.2) is 52.4 Å². The maximum atomic E-state index is 12.7. The first-order valence-corrected chi connectivity index (χ1v) is 9.88. The zero-order valence-electron chi connectivity index (χ0n) is 16.5. The molecular formula is C20H28Cl2N4O. The molecule has 0 saturated carbocycles. The Balaban J connectivity index is 2.14. The lowest BCUT2D eigenvalue weighted by Crippen LogP contribution is -2.37. The second-order valence-corrected chi connectivity index (χ2v) is 8.25. The topological polar surface area (TPSA) is 41.4 Å². The molecule has 7 heteroatoms. The molecule has 5 nitrogen and oxygen atoms in total. The summed E-state index contributed by atoms with van der Waals surface area (Å²) in [6, 6.07) is 5.61. The summed E-state index contributed by atoms with van der Waals surface area (Å²) in [4.78, 5) is 21.1. The zero-order chi connectivity index (χ0) is 20.0. The Morgan fingerprint density at radius 2 is 1.93 bits per heavy atom. The van der Waals surface area contributed by atoms with Crippen LogP contribution in [0.4, 0.5) is 0 Å². The van der Waals surface area contributed by atoms with E-state index in [1.807, 2.05) is 41.9 Å². The molecule has 0 unspecified atom stereocenters. The van der Waals surface area contributed by atoms with Gasteiger partial charge >= 0.3 is 0 Å². The minimum absolute atomic E-state index is 0.163. The van der Waals surface area contributed by atoms with Crippen LogP contribution in [0.25, 0.3) is 0 Å². The highest BCUT2D eigenvalue weighted by atomic mass is 35.5. The number of hydrogen-bond donors (Lipinski definition) is 0. The van der Waals surface area contributed by atoms with Crippen molar-refractivity contribution in [3.8, 4) is 0 Å². The molecule has 1 heterocycles. The molecule has 0 atom stereocenters. The van der Waals surface area contributed by atoms with Crippen molar-refractivity contribution in [3.05, 3.63) is 52.0 Å². The summed E-state index contributed by atoms with van der Waals surface area (Å²) in [5, 5.41) is 1.08. The van der Waals surface area contributed by atoms with E-state index in [1.165, 1.54) is 0 Å². The van der Waals surface area contributed by atoms with Crippen LogP contribution in [0.15, 0.2) is 30.6 Å². The van der Waals surface area contributed by atoms with Crippen LogP contribution < -0.4 is 0 Å². The molecule has 0 saturated heterocycles. The first-order chi connectivity index (χ1) is 12.8. The van der Waals surface area contributed by atoms with Crippen LogP contribution in [0.2, 0.25) is 10.0 Å². The number of rotatable bonds is 9. The molecule has 2 rings (SSSR count). The molecule has 0 aliphatic carbocycles. The summed E-state index contributed by atoms with van der Waals surface area (Å²) >= 11 is 12.1. The number of likely N-dealkylation sites (N-methyl/N-ethyl adjacent to an activating group) is 1. The fourth-order valence-electron chi connectivity index (χ4n) is 2.73. The van der Waals surface area contributed by atoms with E-state index < -0.39 is 0 Å². The first kappa shape index (κ1) is 21.7. The van der Waals surface area contributed by atoms with Crippen molar-refractivity contribution in [2.45, 2.75) is 33.4 Å². The summed E-state index contributed by atoms with van der Waals surface area (Å²) in [6.07, 6.45) is 4.24. The van der Waals surface area contributed by atoms with Crippen LogP contribution in [0.1, 0.15) is 31.7 Å². The lowest BCUT2D eigenvalue weighted by atomic mass is 10.1. The van der Waals surface area contributed by atoms with Crippen LogP contribution in [-0.2, 0) is 17.9 Å². The van der Waals surface area contributed by atoms with Crippen molar-refractivity contribution < 1.29 is 4.79 Å². The number of nitrogens with zero attached hydrogens (tertiary/aromatic N) is 4. The second kappa shape index (κ2) is 10.1. The van der Waals surface area contributed by atoms with E-state index in [0.29, 0.717) is 42.0 Å². The summed E-state index contributed by atoms with van der Waals surface area (Å²) in [5.41, 5.74) is 1.04. The molecule has 0 bridgehead atoms. The molecule has 1 aromatic carbocycles. The summed E-state index contributed by atoms with van der Waals surface area (Å²) in [5.74, 6) is 1.35. The molecule has 0 radical (unpaired) electrons. The van der Waals surface area contributed by atoms with E-state index in [9.17, 15) is 4.79 Å². The van der Waals surface area contributed by atoms with E-state index >= 15 is 0 Å². The zero-order valence-corrected chi connectivity index (χ0v) is 18.0. The Morgan fingerprint density at radius 1 is 1.19 bits per heavy atom. The molecule has 0 aliphatic heterocycles. The Labute approximate surface area is 171 Å². The Bertz CT molecular complexity index is 758. The minimum atomic E-state index is 0.163. The molecule has 0 aliphatic rings. The monoisotopic (exact) mass is 410 g/mol. The number of amides is 1. The van der Waals surface area contributed by atoms with Gasteiger partial charge in [-0.2, -0.15) is 0 Å². The van der Waals surface area contributed by atoms with Crippen LogP contribution >= 0.6 is 23.2 Å². The molecule has 1 aromatic heterocycles. The van der Waals surface area contributed by atoms with Gasteiger partial charge in [-0.05, 0) is 37.7 Å². The smallest absolute Gasteiger partial charge is 0.223 e. The largest absolute Gasteiger partial charge is 0.334 e. The molecule has 148 valence electrons. The lowest BCUT2D eigenvalue weighted by molar-refractivity contribution is -0.132. The van der Waals surface area contributed by atoms with Crippen molar-refractivity contribution in [2.75, 3.05) is 27.2 Å². The summed E-state index contributed by atoms with van der Waals surface area (Å²) < 4.78 is 2.05. The van der Waals surface area contributed by atoms with E-state index in [1.54, 1.807) is 12.3 Å². The summed E-state index contributed by atoms with van der Waals surface area (Å²) in [7, 11) is 4.02. The van der Waals surface area contributed by atoms with Gasteiger partial charge in [0.15, 0.2) is 0 Å². The maximum absolute atomic E-state index is 12.7. The van der Waals surface area contributed by atoms with Crippen molar-refractivity contribution >= 4 is 29.1 Å². The third-order valence-corrected chi connectivity index (χ3v) is 4.96. The number of imidazole rings is 1. The van der Waals surface area contributed by atoms with Gasteiger partial charge in [-0.25, -0.2) is 4.98 Å². The molecule has 0 spiro atoms. The first-order valence-electron chi connectivity index (χ1n) is 9.12. The Kier molecular flexibility index (Phi) is 8.14. The predicted molar refractivity (Wildman–Crippen MR) is 111 cm³/mol. The van der Waals surface area contributed by atoms with Crippen molar-refractivity contribution in [3.63, 3.8) is 0 Å². The lowest BCUT2D eigenvalue weighted by Gasteiger charge is -2.25. The molecule has 0 fully saturated rings. The van der Waals surface area contributed by atoms with Gasteiger partial charge in [0, 0.05) is 38.4 Å². The predicted octanol–water partition coefficient (Wildman–Crippen LogP) is 4.17. The maximum Gasteiger partial charge on any atom is 0.223 e. The number of halogens is 2. The molecule has 2 aromatic rings. The van der Waals surface area contributed by atoms with E-state index in [4.69, 9.17) is 23.2 Å². The number of carbonyl (C=O) groups excluding carboxylic acids is 1. The SMILES string of the molecule is CC(C)CC(=O)N(CCN(C)C)Cc1nccn1Cc1ccc(Cl)c(Cl)c1. The van der Waals surface area contributed by atoms with Crippen LogP contribution in [0, 0.1) is 5.92 Å². The van der Waals surface area contributed by atoms with E-state index in [2.05, 4.69) is 23.7 Å². The quantitative estimate of drug-likeness (QED) is 0.622. The number of hydrogen-bond acceptors (Lipinski definition) is 3. The van der Waals surface area contributed by atoms with Crippen molar-refractivity contribution in [1.82, 2.24) is 19.4 Å². The minimum Gasteiger partial charge on any atom is -0.334 e. The average Bonchev–Trinajstić information content (AvgIpc) is 3.00. The standard InChI is InChI=1S/C20H28Cl2N4O/c1-15(2)11-20(27)26(10-9-24(3)4)14-19-23-7-8-25(19)13-16-5-6-17(21)18(22)12-16/h5-8,12,15H,9-11,13-14H2,1-4H3. The van der Waals surface area contributed by atoms with E-state index in [0.717, 1.165) is 17.9 Å². The highest BCUT2D eigenvalue weighted by Gasteiger charge is 2.18. The fourth-order valence-corrected chi connectivity index (χ4v) is 3.05. The molecule has 1 amide bonds. The molecule has 27 heavy (non-hydrogen) atoms. The number of benzene rings is 1. The van der Waals surface area contributed by atoms with Gasteiger partial charge in [0.05, 0.1) is 16.6 Å². The van der Waals surface area contributed by atoms with Crippen molar-refractivity contribution in [1.29, 1.82) is 0 Å². The summed E-state index contributed by atoms with van der Waals surface area (Å²) in [6.45, 7) is 6.75. The van der Waals surface area contributed by atoms with Gasteiger partial charge in [0.1, 0.15) is 5.82 Å². The highest BCUT2D eigenvalue weighted by molar-refractivity contribution is 6.42. The highest BCUT2D eigenvalue weighted by Crippen LogP contribution is 2.23. The normalized spacial score (nSPS) is 11.4. The Morgan fingerprint density at radius 3 is 2.56 bits per heavy atom. The third-order valence-electron chi connectivity index (χ3n) is 4.22. The van der Waals surface area contributed by atoms with Gasteiger partial charge in [-0.15, -0.1) is 0 Å². The van der Waals surface area contributed by atoms with Gasteiger partial charge in [0.2, 0.25) is 5.91 Å². The van der Waals surface area contributed by atoms with Gasteiger partial charge in [0.25, 0.3) is 0 Å². The van der Waals surface area contributed by atoms with E-state index in [-0.39, 0.29) is 5.91 Å². The average molecular weight is 411 g/mol. The van der Waals surface area contributed by atoms with Crippen LogP contribution in [0.5, 0.6) is 0 Å². The van der Waals surface area contributed by atoms with Gasteiger partial charge in [-0.1, -0.05) is 43.1 Å². The third kappa shape index (κ3) is 6.83. The number of carbonyl (C=O) groups is 1. The van der Waals surface area contributed by atoms with Gasteiger partial charge in [-0.3, -0.25) is 4.79 Å². The molecule has 0 N–H and O–H groups in total. The molecular weight excluding hydrogens is 383 g/mol. The van der Waals surface area contributed by atoms with Crippen LogP contribution in [0.3, 0.4) is 0 Å². The number of aromatic nitrogens is 2. The van der Waals surface area contributed by atoms with Gasteiger partial charge < -0.3 is 14.4 Å². The fraction of sp³-hybridized carbons (Fsp3) is 0.500. The van der Waals surface area contributed by atoms with Crippen molar-refractivity contribution in [2.24, 2.45) is 5.92 Å². The Hall–Kier alpha value is -1.56.